The number of ether oxygens (including phenoxy) is 1. The minimum atomic E-state index is -0.409. The summed E-state index contributed by atoms with van der Waals surface area (Å²) in [6.45, 7) is 4.05. The summed E-state index contributed by atoms with van der Waals surface area (Å²) < 4.78 is 4.83. The normalized spacial score (nSPS) is 13.9. The van der Waals surface area contributed by atoms with Crippen LogP contribution in [-0.4, -0.2) is 24.1 Å². The number of nitrogens with zero attached hydrogens (tertiary/aromatic N) is 1. The highest BCUT2D eigenvalue weighted by atomic mass is 35.5. The SMILES string of the molecule is CCC(C)(c1ccccc1)N(C)C(=O)OCCl. The van der Waals surface area contributed by atoms with Gasteiger partial charge in [-0.25, -0.2) is 4.79 Å². The highest BCUT2D eigenvalue weighted by Gasteiger charge is 2.33. The van der Waals surface area contributed by atoms with Crippen molar-refractivity contribution in [2.45, 2.75) is 25.8 Å². The van der Waals surface area contributed by atoms with Crippen molar-refractivity contribution in [2.75, 3.05) is 13.1 Å². The van der Waals surface area contributed by atoms with Gasteiger partial charge in [0.25, 0.3) is 0 Å². The summed E-state index contributed by atoms with van der Waals surface area (Å²) in [6, 6.07) is 9.77. The molecule has 0 aliphatic carbocycles. The molecular weight excluding hydrogens is 238 g/mol. The van der Waals surface area contributed by atoms with Gasteiger partial charge in [0.15, 0.2) is 6.07 Å². The lowest BCUT2D eigenvalue weighted by Gasteiger charge is -2.37. The fraction of sp³-hybridized carbons (Fsp3) is 0.462. The first-order valence-corrected chi connectivity index (χ1v) is 6.11. The third-order valence-electron chi connectivity index (χ3n) is 3.28. The van der Waals surface area contributed by atoms with Gasteiger partial charge in [-0.1, -0.05) is 48.9 Å². The maximum absolute atomic E-state index is 11.7. The van der Waals surface area contributed by atoms with Gasteiger partial charge >= 0.3 is 6.09 Å². The molecule has 1 unspecified atom stereocenters. The van der Waals surface area contributed by atoms with Crippen LogP contribution < -0.4 is 0 Å². The van der Waals surface area contributed by atoms with Gasteiger partial charge in [-0.05, 0) is 18.9 Å². The molecule has 3 nitrogen and oxygen atoms in total. The number of halogens is 1. The number of hydrogen-bond donors (Lipinski definition) is 0. The molecule has 0 spiro atoms. The predicted octanol–water partition coefficient (Wildman–Crippen LogP) is 3.58. The molecule has 17 heavy (non-hydrogen) atoms. The number of amides is 1. The Morgan fingerprint density at radius 2 is 2.00 bits per heavy atom. The minimum Gasteiger partial charge on any atom is -0.433 e. The lowest BCUT2D eigenvalue weighted by atomic mass is 9.88. The molecule has 94 valence electrons. The summed E-state index contributed by atoms with van der Waals surface area (Å²) in [5.74, 6) is 0. The van der Waals surface area contributed by atoms with Gasteiger partial charge in [0.1, 0.15) is 0 Å². The molecule has 0 aliphatic heterocycles. The Hall–Kier alpha value is -1.22. The largest absolute Gasteiger partial charge is 0.433 e. The standard InChI is InChI=1S/C13H18ClNO2/c1-4-13(2,11-8-6-5-7-9-11)15(3)12(16)17-10-14/h5-9H,4,10H2,1-3H3. The van der Waals surface area contributed by atoms with Crippen LogP contribution >= 0.6 is 11.6 Å². The first-order valence-electron chi connectivity index (χ1n) is 5.58. The Bertz CT molecular complexity index is 369. The first kappa shape index (κ1) is 13.8. The van der Waals surface area contributed by atoms with Crippen LogP contribution in [0.3, 0.4) is 0 Å². The van der Waals surface area contributed by atoms with Crippen molar-refractivity contribution < 1.29 is 9.53 Å². The number of benzene rings is 1. The Morgan fingerprint density at radius 1 is 1.41 bits per heavy atom. The van der Waals surface area contributed by atoms with Crippen LogP contribution in [-0.2, 0) is 10.3 Å². The lowest BCUT2D eigenvalue weighted by molar-refractivity contribution is 0.0780. The molecular formula is C13H18ClNO2. The van der Waals surface area contributed by atoms with Crippen LogP contribution in [0.25, 0.3) is 0 Å². The molecule has 0 saturated carbocycles. The zero-order valence-electron chi connectivity index (χ0n) is 10.4. The highest BCUT2D eigenvalue weighted by Crippen LogP contribution is 2.30. The van der Waals surface area contributed by atoms with Crippen LogP contribution in [0.1, 0.15) is 25.8 Å². The van der Waals surface area contributed by atoms with Crippen LogP contribution in [0, 0.1) is 0 Å². The second-order valence-corrected chi connectivity index (χ2v) is 4.29. The Labute approximate surface area is 107 Å². The van der Waals surface area contributed by atoms with Crippen molar-refractivity contribution in [3.63, 3.8) is 0 Å². The molecule has 1 rings (SSSR count). The van der Waals surface area contributed by atoms with Gasteiger partial charge in [0.2, 0.25) is 0 Å². The van der Waals surface area contributed by atoms with Gasteiger partial charge < -0.3 is 9.64 Å². The van der Waals surface area contributed by atoms with E-state index >= 15 is 0 Å². The number of rotatable bonds is 4. The number of carbonyl (C=O) groups is 1. The Kier molecular flexibility index (Phi) is 4.82. The number of alkyl halides is 1. The second-order valence-electron chi connectivity index (χ2n) is 4.07. The Balaban J connectivity index is 3.00. The van der Waals surface area contributed by atoms with E-state index in [1.165, 1.54) is 0 Å². The zero-order chi connectivity index (χ0) is 12.9. The third-order valence-corrected chi connectivity index (χ3v) is 3.39. The van der Waals surface area contributed by atoms with Crippen LogP contribution in [0.4, 0.5) is 4.79 Å². The summed E-state index contributed by atoms with van der Waals surface area (Å²) in [4.78, 5) is 13.3. The van der Waals surface area contributed by atoms with E-state index < -0.39 is 6.09 Å². The summed E-state index contributed by atoms with van der Waals surface area (Å²) >= 11 is 5.41. The van der Waals surface area contributed by atoms with Crippen molar-refractivity contribution in [3.05, 3.63) is 35.9 Å². The van der Waals surface area contributed by atoms with Crippen molar-refractivity contribution in [1.29, 1.82) is 0 Å². The molecule has 4 heteroatoms. The topological polar surface area (TPSA) is 29.5 Å². The van der Waals surface area contributed by atoms with Crippen molar-refractivity contribution in [3.8, 4) is 0 Å². The molecule has 0 fully saturated rings. The first-order chi connectivity index (χ1) is 8.06. The maximum atomic E-state index is 11.7. The average molecular weight is 256 g/mol. The van der Waals surface area contributed by atoms with Gasteiger partial charge in [-0.2, -0.15) is 0 Å². The zero-order valence-corrected chi connectivity index (χ0v) is 11.2. The van der Waals surface area contributed by atoms with E-state index in [2.05, 4.69) is 0 Å². The van der Waals surface area contributed by atoms with E-state index in [4.69, 9.17) is 16.3 Å². The van der Waals surface area contributed by atoms with E-state index in [0.29, 0.717) is 0 Å². The van der Waals surface area contributed by atoms with Gasteiger partial charge in [0, 0.05) is 7.05 Å². The molecule has 1 atom stereocenters. The number of hydrogen-bond acceptors (Lipinski definition) is 2. The predicted molar refractivity (Wildman–Crippen MR) is 69.0 cm³/mol. The maximum Gasteiger partial charge on any atom is 0.411 e. The molecule has 1 amide bonds. The van der Waals surface area contributed by atoms with E-state index in [9.17, 15) is 4.79 Å². The van der Waals surface area contributed by atoms with E-state index in [-0.39, 0.29) is 11.6 Å². The molecule has 0 bridgehead atoms. The van der Waals surface area contributed by atoms with E-state index in [0.717, 1.165) is 12.0 Å². The monoisotopic (exact) mass is 255 g/mol. The summed E-state index contributed by atoms with van der Waals surface area (Å²) in [5.41, 5.74) is 0.696. The van der Waals surface area contributed by atoms with Crippen molar-refractivity contribution in [2.24, 2.45) is 0 Å². The van der Waals surface area contributed by atoms with E-state index in [1.54, 1.807) is 11.9 Å². The average Bonchev–Trinajstić information content (AvgIpc) is 2.38. The molecule has 0 aromatic heterocycles. The molecule has 0 saturated heterocycles. The smallest absolute Gasteiger partial charge is 0.411 e. The lowest BCUT2D eigenvalue weighted by Crippen LogP contribution is -2.44. The van der Waals surface area contributed by atoms with Gasteiger partial charge in [-0.3, -0.25) is 0 Å². The molecule has 0 radical (unpaired) electrons. The third kappa shape index (κ3) is 2.91. The molecule has 1 aromatic rings. The number of carbonyl (C=O) groups excluding carboxylic acids is 1. The fourth-order valence-corrected chi connectivity index (χ4v) is 1.87. The van der Waals surface area contributed by atoms with E-state index in [1.807, 2.05) is 44.2 Å². The minimum absolute atomic E-state index is 0.127. The summed E-state index contributed by atoms with van der Waals surface area (Å²) in [5, 5.41) is 0. The van der Waals surface area contributed by atoms with Crippen LogP contribution in [0.15, 0.2) is 30.3 Å². The molecule has 0 heterocycles. The second kappa shape index (κ2) is 5.92. The van der Waals surface area contributed by atoms with Crippen molar-refractivity contribution >= 4 is 17.7 Å². The molecule has 0 N–H and O–H groups in total. The Morgan fingerprint density at radius 3 is 2.47 bits per heavy atom. The fourth-order valence-electron chi connectivity index (χ4n) is 1.78. The van der Waals surface area contributed by atoms with Crippen LogP contribution in [0.5, 0.6) is 0 Å². The summed E-state index contributed by atoms with van der Waals surface area (Å²) in [6.07, 6.45) is 0.387. The van der Waals surface area contributed by atoms with Gasteiger partial charge in [0.05, 0.1) is 5.54 Å². The molecule has 1 aromatic carbocycles. The van der Waals surface area contributed by atoms with Crippen molar-refractivity contribution in [1.82, 2.24) is 4.90 Å². The molecule has 0 aliphatic rings. The van der Waals surface area contributed by atoms with Gasteiger partial charge in [-0.15, -0.1) is 0 Å². The summed E-state index contributed by atoms with van der Waals surface area (Å²) in [7, 11) is 1.73. The van der Waals surface area contributed by atoms with Crippen LogP contribution in [0.2, 0.25) is 0 Å². The highest BCUT2D eigenvalue weighted by molar-refractivity contribution is 6.17. The quantitative estimate of drug-likeness (QED) is 0.770.